The third-order valence-electron chi connectivity index (χ3n) is 2.70. The first-order valence-electron chi connectivity index (χ1n) is 6.38. The number of hydrogen-bond acceptors (Lipinski definition) is 3. The van der Waals surface area contributed by atoms with Crippen molar-refractivity contribution in [3.8, 4) is 17.0 Å². The van der Waals surface area contributed by atoms with E-state index in [1.54, 1.807) is 6.33 Å². The summed E-state index contributed by atoms with van der Waals surface area (Å²) >= 11 is 6.31. The van der Waals surface area contributed by atoms with Gasteiger partial charge in [0.15, 0.2) is 0 Å². The van der Waals surface area contributed by atoms with E-state index >= 15 is 0 Å². The molecule has 19 heavy (non-hydrogen) atoms. The molecular formula is C15H17ClN2O. The number of aromatic nitrogens is 2. The van der Waals surface area contributed by atoms with Crippen LogP contribution in [0, 0.1) is 0 Å². The Labute approximate surface area is 118 Å². The number of hydrogen-bond donors (Lipinski definition) is 0. The lowest BCUT2D eigenvalue weighted by Gasteiger charge is -2.11. The lowest BCUT2D eigenvalue weighted by Crippen LogP contribution is -2.05. The lowest BCUT2D eigenvalue weighted by atomic mass is 10.1. The van der Waals surface area contributed by atoms with Crippen LogP contribution >= 0.6 is 11.6 Å². The van der Waals surface area contributed by atoms with Gasteiger partial charge in [0.1, 0.15) is 12.1 Å². The van der Waals surface area contributed by atoms with E-state index in [0.29, 0.717) is 5.02 Å². The molecular weight excluding hydrogens is 260 g/mol. The first-order chi connectivity index (χ1) is 9.11. The Morgan fingerprint density at radius 3 is 2.42 bits per heavy atom. The smallest absolute Gasteiger partial charge is 0.119 e. The van der Waals surface area contributed by atoms with E-state index in [-0.39, 0.29) is 6.10 Å². The number of rotatable bonds is 4. The second-order valence-corrected chi connectivity index (χ2v) is 4.91. The van der Waals surface area contributed by atoms with Crippen molar-refractivity contribution in [1.82, 2.24) is 9.97 Å². The Bertz CT molecular complexity index is 553. The minimum atomic E-state index is 0.167. The number of ether oxygens (including phenoxy) is 1. The Hall–Kier alpha value is -1.61. The van der Waals surface area contributed by atoms with Gasteiger partial charge in [-0.3, -0.25) is 0 Å². The van der Waals surface area contributed by atoms with Crippen LogP contribution in [0.25, 0.3) is 11.3 Å². The van der Waals surface area contributed by atoms with E-state index in [4.69, 9.17) is 16.3 Å². The Balaban J connectivity index is 2.32. The SMILES string of the molecule is CCc1ncnc(-c2ccc(OC(C)C)cc2)c1Cl. The van der Waals surface area contributed by atoms with Gasteiger partial charge in [-0.2, -0.15) is 0 Å². The summed E-state index contributed by atoms with van der Waals surface area (Å²) in [6.07, 6.45) is 2.52. The van der Waals surface area contributed by atoms with Gasteiger partial charge in [-0.25, -0.2) is 9.97 Å². The van der Waals surface area contributed by atoms with Crippen molar-refractivity contribution in [3.63, 3.8) is 0 Å². The van der Waals surface area contributed by atoms with Crippen LogP contribution in [0.3, 0.4) is 0 Å². The molecule has 0 N–H and O–H groups in total. The summed E-state index contributed by atoms with van der Waals surface area (Å²) in [6.45, 7) is 6.03. The maximum atomic E-state index is 6.31. The molecule has 0 saturated carbocycles. The summed E-state index contributed by atoms with van der Waals surface area (Å²) in [7, 11) is 0. The van der Waals surface area contributed by atoms with Gasteiger partial charge in [0.2, 0.25) is 0 Å². The van der Waals surface area contributed by atoms with Gasteiger partial charge in [0.05, 0.1) is 22.5 Å². The van der Waals surface area contributed by atoms with Gasteiger partial charge in [-0.1, -0.05) is 18.5 Å². The zero-order valence-corrected chi connectivity index (χ0v) is 12.1. The monoisotopic (exact) mass is 276 g/mol. The zero-order valence-electron chi connectivity index (χ0n) is 11.4. The van der Waals surface area contributed by atoms with Crippen molar-refractivity contribution >= 4 is 11.6 Å². The molecule has 1 aromatic heterocycles. The number of halogens is 1. The summed E-state index contributed by atoms with van der Waals surface area (Å²) < 4.78 is 5.61. The van der Waals surface area contributed by atoms with Crippen molar-refractivity contribution in [2.45, 2.75) is 33.3 Å². The van der Waals surface area contributed by atoms with Crippen molar-refractivity contribution in [2.24, 2.45) is 0 Å². The standard InChI is InChI=1S/C15H17ClN2O/c1-4-13-14(16)15(18-9-17-13)11-5-7-12(8-6-11)19-10(2)3/h5-10H,4H2,1-3H3. The predicted molar refractivity (Wildman–Crippen MR) is 77.6 cm³/mol. The van der Waals surface area contributed by atoms with Gasteiger partial charge >= 0.3 is 0 Å². The molecule has 0 unspecified atom stereocenters. The van der Waals surface area contributed by atoms with Gasteiger partial charge in [-0.05, 0) is 44.5 Å². The fourth-order valence-electron chi connectivity index (χ4n) is 1.82. The molecule has 3 nitrogen and oxygen atoms in total. The Kier molecular flexibility index (Phi) is 4.38. The third-order valence-corrected chi connectivity index (χ3v) is 3.09. The molecule has 0 atom stereocenters. The molecule has 0 aliphatic carbocycles. The van der Waals surface area contributed by atoms with Crippen LogP contribution in [0.1, 0.15) is 26.5 Å². The van der Waals surface area contributed by atoms with Crippen LogP contribution in [-0.2, 0) is 6.42 Å². The molecule has 0 bridgehead atoms. The van der Waals surface area contributed by atoms with Gasteiger partial charge in [0.25, 0.3) is 0 Å². The maximum Gasteiger partial charge on any atom is 0.119 e. The molecule has 0 amide bonds. The number of nitrogens with zero attached hydrogens (tertiary/aromatic N) is 2. The highest BCUT2D eigenvalue weighted by atomic mass is 35.5. The Morgan fingerprint density at radius 1 is 1.16 bits per heavy atom. The molecule has 0 aliphatic heterocycles. The van der Waals surface area contributed by atoms with Crippen molar-refractivity contribution in [2.75, 3.05) is 0 Å². The molecule has 2 aromatic rings. The number of benzene rings is 1. The van der Waals surface area contributed by atoms with Crippen LogP contribution < -0.4 is 4.74 Å². The highest BCUT2D eigenvalue weighted by Crippen LogP contribution is 2.29. The van der Waals surface area contributed by atoms with E-state index in [1.807, 2.05) is 45.0 Å². The fourth-order valence-corrected chi connectivity index (χ4v) is 2.16. The maximum absolute atomic E-state index is 6.31. The van der Waals surface area contributed by atoms with E-state index < -0.39 is 0 Å². The molecule has 1 aromatic carbocycles. The third kappa shape index (κ3) is 3.24. The average Bonchev–Trinajstić information content (AvgIpc) is 2.39. The van der Waals surface area contributed by atoms with Crippen LogP contribution in [0.2, 0.25) is 5.02 Å². The van der Waals surface area contributed by atoms with Crippen molar-refractivity contribution < 1.29 is 4.74 Å². The largest absolute Gasteiger partial charge is 0.491 e. The van der Waals surface area contributed by atoms with E-state index in [1.165, 1.54) is 0 Å². The van der Waals surface area contributed by atoms with Gasteiger partial charge in [0, 0.05) is 5.56 Å². The van der Waals surface area contributed by atoms with E-state index in [0.717, 1.165) is 29.1 Å². The summed E-state index contributed by atoms with van der Waals surface area (Å²) in [5.41, 5.74) is 2.61. The van der Waals surface area contributed by atoms with Gasteiger partial charge < -0.3 is 4.74 Å². The first-order valence-corrected chi connectivity index (χ1v) is 6.76. The minimum absolute atomic E-state index is 0.167. The zero-order chi connectivity index (χ0) is 13.8. The Morgan fingerprint density at radius 2 is 1.84 bits per heavy atom. The van der Waals surface area contributed by atoms with Crippen LogP contribution in [0.4, 0.5) is 0 Å². The van der Waals surface area contributed by atoms with Crippen molar-refractivity contribution in [3.05, 3.63) is 41.3 Å². The normalized spacial score (nSPS) is 10.8. The predicted octanol–water partition coefficient (Wildman–Crippen LogP) is 4.15. The fraction of sp³-hybridized carbons (Fsp3) is 0.333. The molecule has 2 rings (SSSR count). The van der Waals surface area contributed by atoms with Crippen LogP contribution in [-0.4, -0.2) is 16.1 Å². The van der Waals surface area contributed by atoms with Crippen molar-refractivity contribution in [1.29, 1.82) is 0 Å². The molecule has 1 heterocycles. The quantitative estimate of drug-likeness (QED) is 0.841. The topological polar surface area (TPSA) is 35.0 Å². The second kappa shape index (κ2) is 6.02. The lowest BCUT2D eigenvalue weighted by molar-refractivity contribution is 0.242. The highest BCUT2D eigenvalue weighted by molar-refractivity contribution is 6.33. The molecule has 100 valence electrons. The molecule has 0 saturated heterocycles. The molecule has 0 spiro atoms. The summed E-state index contributed by atoms with van der Waals surface area (Å²) in [5, 5.41) is 0.627. The summed E-state index contributed by atoms with van der Waals surface area (Å²) in [5.74, 6) is 0.847. The first kappa shape index (κ1) is 13.8. The minimum Gasteiger partial charge on any atom is -0.491 e. The van der Waals surface area contributed by atoms with Crippen LogP contribution in [0.15, 0.2) is 30.6 Å². The molecule has 4 heteroatoms. The summed E-state index contributed by atoms with van der Waals surface area (Å²) in [6, 6.07) is 7.79. The average molecular weight is 277 g/mol. The highest BCUT2D eigenvalue weighted by Gasteiger charge is 2.10. The van der Waals surface area contributed by atoms with E-state index in [9.17, 15) is 0 Å². The van der Waals surface area contributed by atoms with Crippen LogP contribution in [0.5, 0.6) is 5.75 Å². The number of aryl methyl sites for hydroxylation is 1. The second-order valence-electron chi connectivity index (χ2n) is 4.53. The molecule has 0 radical (unpaired) electrons. The summed E-state index contributed by atoms with van der Waals surface area (Å²) in [4.78, 5) is 8.44. The molecule has 0 fully saturated rings. The van der Waals surface area contributed by atoms with E-state index in [2.05, 4.69) is 9.97 Å². The van der Waals surface area contributed by atoms with Gasteiger partial charge in [-0.15, -0.1) is 0 Å². The molecule has 0 aliphatic rings.